The van der Waals surface area contributed by atoms with Crippen LogP contribution in [0.2, 0.25) is 5.02 Å². The van der Waals surface area contributed by atoms with Crippen molar-refractivity contribution in [2.24, 2.45) is 0 Å². The molecule has 0 bridgehead atoms. The molecule has 0 amide bonds. The van der Waals surface area contributed by atoms with Crippen molar-refractivity contribution in [3.63, 3.8) is 0 Å². The Bertz CT molecular complexity index is 1440. The first kappa shape index (κ1) is 25.7. The van der Waals surface area contributed by atoms with E-state index in [0.29, 0.717) is 12.6 Å². The molecule has 192 valence electrons. The lowest BCUT2D eigenvalue weighted by molar-refractivity contribution is 0.0480. The number of nitrogens with zero attached hydrogens (tertiary/aromatic N) is 4. The Morgan fingerprint density at radius 1 is 1.31 bits per heavy atom. The zero-order valence-corrected chi connectivity index (χ0v) is 20.4. The average Bonchev–Trinajstić information content (AvgIpc) is 2.78. The smallest absolute Gasteiger partial charge is 0.343 e. The number of nitrogens with two attached hydrogens (primary N) is 1. The summed E-state index contributed by atoms with van der Waals surface area (Å²) in [6.45, 7) is 1.78. The molecule has 2 aromatic heterocycles. The summed E-state index contributed by atoms with van der Waals surface area (Å²) >= 11 is 6.57. The van der Waals surface area contributed by atoms with Crippen LogP contribution < -0.4 is 16.1 Å². The van der Waals surface area contributed by atoms with Crippen molar-refractivity contribution in [2.45, 2.75) is 13.0 Å². The number of nitrogen functional groups attached to an aromatic ring is 1. The number of fused-ring (bicyclic) bond motifs is 1. The second-order valence-corrected chi connectivity index (χ2v) is 9.10. The molecule has 0 unspecified atom stereocenters. The lowest BCUT2D eigenvalue weighted by Crippen LogP contribution is -2.51. The highest BCUT2D eigenvalue weighted by molar-refractivity contribution is 6.38. The Morgan fingerprint density at radius 3 is 2.58 bits per heavy atom. The first-order chi connectivity index (χ1) is 16.9. The molecule has 9 nitrogen and oxygen atoms in total. The number of likely N-dealkylation sites (N-methyl/N-ethyl adjacent to an activating group) is 1. The third-order valence-electron chi connectivity index (χ3n) is 5.87. The molecule has 0 radical (unpaired) electrons. The van der Waals surface area contributed by atoms with Crippen LogP contribution in [0.5, 0.6) is 0 Å². The number of hydrogen-bond donors (Lipinski definition) is 2. The molecule has 1 aromatic carbocycles. The first-order valence-electron chi connectivity index (χ1n) is 10.9. The van der Waals surface area contributed by atoms with Crippen LogP contribution in [0.4, 0.5) is 24.7 Å². The fraction of sp³-hybridized carbons (Fsp3) is 0.348. The summed E-state index contributed by atoms with van der Waals surface area (Å²) in [5.74, 6) is -5.36. The Labute approximate surface area is 208 Å². The Kier molecular flexibility index (Phi) is 6.86. The van der Waals surface area contributed by atoms with Gasteiger partial charge in [0, 0.05) is 37.5 Å². The molecule has 0 spiro atoms. The standard InChI is InChI=1S/C23H23ClF3N5O4/c1-10-15-18(16(24)19(17(10)27)31-7-11(33)8-31)32(22-14(26)6-13(25)21(28)29-22)9-12(20(15)34)23(35)36-5-4-30(2)3/h6,9,11,33H,4-5,7-8H2,1-3H3,(H2,28,29). The van der Waals surface area contributed by atoms with E-state index in [0.717, 1.165) is 10.8 Å². The molecule has 1 aliphatic heterocycles. The van der Waals surface area contributed by atoms with Crippen LogP contribution in [0, 0.1) is 24.4 Å². The summed E-state index contributed by atoms with van der Waals surface area (Å²) < 4.78 is 50.4. The van der Waals surface area contributed by atoms with E-state index in [2.05, 4.69) is 4.98 Å². The lowest BCUT2D eigenvalue weighted by atomic mass is 10.0. The van der Waals surface area contributed by atoms with Crippen molar-refractivity contribution >= 4 is 40.0 Å². The van der Waals surface area contributed by atoms with E-state index >= 15 is 4.39 Å². The van der Waals surface area contributed by atoms with Gasteiger partial charge in [0.15, 0.2) is 29.1 Å². The van der Waals surface area contributed by atoms with E-state index < -0.39 is 52.2 Å². The van der Waals surface area contributed by atoms with Gasteiger partial charge < -0.3 is 25.4 Å². The second-order valence-electron chi connectivity index (χ2n) is 8.73. The molecule has 0 aliphatic carbocycles. The number of pyridine rings is 2. The van der Waals surface area contributed by atoms with Crippen molar-refractivity contribution in [3.8, 4) is 5.82 Å². The highest BCUT2D eigenvalue weighted by Crippen LogP contribution is 2.40. The van der Waals surface area contributed by atoms with E-state index in [1.807, 2.05) is 0 Å². The lowest BCUT2D eigenvalue weighted by Gasteiger charge is -2.39. The van der Waals surface area contributed by atoms with Crippen molar-refractivity contribution in [1.29, 1.82) is 0 Å². The number of aryl methyl sites for hydroxylation is 1. The summed E-state index contributed by atoms with van der Waals surface area (Å²) in [5.41, 5.74) is 3.69. The number of anilines is 2. The molecule has 3 aromatic rings. The third kappa shape index (κ3) is 4.36. The number of aliphatic hydroxyl groups excluding tert-OH is 1. The average molecular weight is 526 g/mol. The Balaban J connectivity index is 2.05. The predicted octanol–water partition coefficient (Wildman–Crippen LogP) is 2.25. The number of aliphatic hydroxyl groups is 1. The molecule has 0 saturated carbocycles. The molecule has 0 atom stereocenters. The quantitative estimate of drug-likeness (QED) is 0.471. The number of carbonyl (C=O) groups excluding carboxylic acids is 1. The normalized spacial score (nSPS) is 14.0. The van der Waals surface area contributed by atoms with Crippen LogP contribution in [0.15, 0.2) is 17.1 Å². The van der Waals surface area contributed by atoms with Gasteiger partial charge in [-0.3, -0.25) is 9.36 Å². The highest BCUT2D eigenvalue weighted by Gasteiger charge is 2.33. The summed E-state index contributed by atoms with van der Waals surface area (Å²) in [7, 11) is 3.51. The second kappa shape index (κ2) is 9.60. The maximum atomic E-state index is 15.5. The Morgan fingerprint density at radius 2 is 1.97 bits per heavy atom. The molecule has 4 rings (SSSR count). The van der Waals surface area contributed by atoms with Gasteiger partial charge in [-0.15, -0.1) is 0 Å². The summed E-state index contributed by atoms with van der Waals surface area (Å²) in [6, 6.07) is 0.494. The number of β-amino-alcohol motifs (C(OH)–C–C–N with tert-alkyl or cyclic N) is 1. The number of carbonyl (C=O) groups is 1. The van der Waals surface area contributed by atoms with Gasteiger partial charge in [0.2, 0.25) is 5.43 Å². The molecule has 3 N–H and O–H groups in total. The van der Waals surface area contributed by atoms with Crippen molar-refractivity contribution in [1.82, 2.24) is 14.5 Å². The van der Waals surface area contributed by atoms with E-state index in [9.17, 15) is 23.5 Å². The minimum Gasteiger partial charge on any atom is -0.461 e. The van der Waals surface area contributed by atoms with E-state index in [1.54, 1.807) is 19.0 Å². The van der Waals surface area contributed by atoms with Gasteiger partial charge in [-0.25, -0.2) is 22.9 Å². The summed E-state index contributed by atoms with van der Waals surface area (Å²) in [6.07, 6.45) is 0.262. The largest absolute Gasteiger partial charge is 0.461 e. The molecular weight excluding hydrogens is 503 g/mol. The molecule has 1 fully saturated rings. The van der Waals surface area contributed by atoms with Crippen LogP contribution in [0.25, 0.3) is 16.7 Å². The van der Waals surface area contributed by atoms with E-state index in [1.165, 1.54) is 11.8 Å². The number of esters is 1. The van der Waals surface area contributed by atoms with Crippen molar-refractivity contribution in [2.75, 3.05) is 51.0 Å². The number of halogens is 4. The van der Waals surface area contributed by atoms with Crippen LogP contribution in [0.3, 0.4) is 0 Å². The molecule has 13 heteroatoms. The van der Waals surface area contributed by atoms with Crippen LogP contribution in [0.1, 0.15) is 15.9 Å². The van der Waals surface area contributed by atoms with Crippen LogP contribution in [-0.2, 0) is 4.74 Å². The van der Waals surface area contributed by atoms with Crippen LogP contribution in [-0.4, -0.2) is 72.0 Å². The topological polar surface area (TPSA) is 114 Å². The minimum absolute atomic E-state index is 0.0518. The molecule has 3 heterocycles. The van der Waals surface area contributed by atoms with Gasteiger partial charge >= 0.3 is 5.97 Å². The van der Waals surface area contributed by atoms with Gasteiger partial charge in [0.25, 0.3) is 0 Å². The number of benzene rings is 1. The van der Waals surface area contributed by atoms with Crippen LogP contribution >= 0.6 is 11.6 Å². The third-order valence-corrected chi connectivity index (χ3v) is 6.23. The van der Waals surface area contributed by atoms with E-state index in [-0.39, 0.29) is 46.9 Å². The molecule has 36 heavy (non-hydrogen) atoms. The number of aromatic nitrogens is 2. The van der Waals surface area contributed by atoms with Gasteiger partial charge in [-0.2, -0.15) is 0 Å². The highest BCUT2D eigenvalue weighted by atomic mass is 35.5. The molecular formula is C23H23ClF3N5O4. The zero-order valence-electron chi connectivity index (χ0n) is 19.6. The first-order valence-corrected chi connectivity index (χ1v) is 11.2. The van der Waals surface area contributed by atoms with Gasteiger partial charge in [-0.05, 0) is 21.0 Å². The SMILES string of the molecule is Cc1c(F)c(N2CC(O)C2)c(Cl)c2c1c(=O)c(C(=O)OCCN(C)C)cn2-c1nc(N)c(F)cc1F. The number of hydrogen-bond acceptors (Lipinski definition) is 8. The number of rotatable bonds is 6. The maximum Gasteiger partial charge on any atom is 0.343 e. The summed E-state index contributed by atoms with van der Waals surface area (Å²) in [4.78, 5) is 33.2. The monoisotopic (exact) mass is 525 g/mol. The van der Waals surface area contributed by atoms with E-state index in [4.69, 9.17) is 22.1 Å². The fourth-order valence-electron chi connectivity index (χ4n) is 3.94. The maximum absolute atomic E-state index is 15.5. The van der Waals surface area contributed by atoms with Crippen molar-refractivity contribution < 1.29 is 27.8 Å². The zero-order chi connectivity index (χ0) is 26.5. The van der Waals surface area contributed by atoms with Gasteiger partial charge in [-0.1, -0.05) is 11.6 Å². The van der Waals surface area contributed by atoms with Gasteiger partial charge in [0.05, 0.1) is 27.7 Å². The number of ether oxygens (including phenoxy) is 1. The molecule has 1 saturated heterocycles. The molecule has 1 aliphatic rings. The predicted molar refractivity (Wildman–Crippen MR) is 128 cm³/mol. The van der Waals surface area contributed by atoms with Gasteiger partial charge in [0.1, 0.15) is 12.2 Å². The Hall–Kier alpha value is -3.35. The summed E-state index contributed by atoms with van der Waals surface area (Å²) in [5, 5.41) is 9.10. The van der Waals surface area contributed by atoms with Crippen molar-refractivity contribution in [3.05, 3.63) is 56.1 Å². The minimum atomic E-state index is -1.17. The fourth-order valence-corrected chi connectivity index (χ4v) is 4.33.